The fourth-order valence-electron chi connectivity index (χ4n) is 1.85. The summed E-state index contributed by atoms with van der Waals surface area (Å²) in [6.07, 6.45) is 0.0770. The lowest BCUT2D eigenvalue weighted by atomic mass is 10.1. The van der Waals surface area contributed by atoms with Crippen LogP contribution in [-0.4, -0.2) is 31.1 Å². The number of nitrogens with one attached hydrogen (secondary N) is 1. The second kappa shape index (κ2) is 7.11. The number of methoxy groups -OCH3 is 1. The number of rotatable bonds is 5. The number of aryl methyl sites for hydroxylation is 1. The molecule has 1 aromatic rings. The molecule has 0 aliphatic carbocycles. The first-order chi connectivity index (χ1) is 9.71. The fraction of sp³-hybridized carbons (Fsp3) is 0.500. The Labute approximate surface area is 125 Å². The SMILES string of the molecule is COc1ccc(C)cc1CC(=O)OCC(=O)NC(C)(C)C. The molecule has 0 spiro atoms. The monoisotopic (exact) mass is 293 g/mol. The third kappa shape index (κ3) is 6.29. The van der Waals surface area contributed by atoms with Crippen molar-refractivity contribution in [2.24, 2.45) is 0 Å². The highest BCUT2D eigenvalue weighted by Crippen LogP contribution is 2.20. The summed E-state index contributed by atoms with van der Waals surface area (Å²) in [5.41, 5.74) is 1.44. The van der Waals surface area contributed by atoms with E-state index in [1.165, 1.54) is 0 Å². The Bertz CT molecular complexity index is 517. The first-order valence-electron chi connectivity index (χ1n) is 6.81. The molecule has 0 saturated heterocycles. The van der Waals surface area contributed by atoms with Crippen LogP contribution in [0.5, 0.6) is 5.75 Å². The lowest BCUT2D eigenvalue weighted by Gasteiger charge is -2.20. The van der Waals surface area contributed by atoms with Gasteiger partial charge in [0.25, 0.3) is 5.91 Å². The van der Waals surface area contributed by atoms with Crippen LogP contribution in [-0.2, 0) is 20.7 Å². The normalized spacial score (nSPS) is 10.9. The largest absolute Gasteiger partial charge is 0.496 e. The Hall–Kier alpha value is -2.04. The Morgan fingerprint density at radius 1 is 1.24 bits per heavy atom. The van der Waals surface area contributed by atoms with Crippen molar-refractivity contribution in [2.75, 3.05) is 13.7 Å². The summed E-state index contributed by atoms with van der Waals surface area (Å²) in [5.74, 6) is -0.133. The van der Waals surface area contributed by atoms with Gasteiger partial charge >= 0.3 is 5.97 Å². The molecule has 5 heteroatoms. The van der Waals surface area contributed by atoms with Gasteiger partial charge in [0.05, 0.1) is 13.5 Å². The standard InChI is InChI=1S/C16H23NO4/c1-11-6-7-13(20-5)12(8-11)9-15(19)21-10-14(18)17-16(2,3)4/h6-8H,9-10H2,1-5H3,(H,17,18). The molecule has 0 heterocycles. The molecule has 1 aromatic carbocycles. The molecule has 1 rings (SSSR count). The van der Waals surface area contributed by atoms with Crippen LogP contribution in [0.3, 0.4) is 0 Å². The molecule has 0 saturated carbocycles. The molecule has 0 aliphatic heterocycles. The zero-order chi connectivity index (χ0) is 16.0. The average molecular weight is 293 g/mol. The molecule has 116 valence electrons. The molecule has 0 fully saturated rings. The molecule has 0 aliphatic rings. The Morgan fingerprint density at radius 3 is 2.48 bits per heavy atom. The number of benzene rings is 1. The summed E-state index contributed by atoms with van der Waals surface area (Å²) in [7, 11) is 1.55. The van der Waals surface area contributed by atoms with Gasteiger partial charge in [0, 0.05) is 11.1 Å². The highest BCUT2D eigenvalue weighted by Gasteiger charge is 2.16. The lowest BCUT2D eigenvalue weighted by Crippen LogP contribution is -2.42. The zero-order valence-electron chi connectivity index (χ0n) is 13.3. The summed E-state index contributed by atoms with van der Waals surface area (Å²) in [5, 5.41) is 2.73. The van der Waals surface area contributed by atoms with E-state index in [1.54, 1.807) is 7.11 Å². The molecule has 5 nitrogen and oxygen atoms in total. The van der Waals surface area contributed by atoms with Crippen molar-refractivity contribution in [3.63, 3.8) is 0 Å². The van der Waals surface area contributed by atoms with Gasteiger partial charge in [0.15, 0.2) is 6.61 Å². The lowest BCUT2D eigenvalue weighted by molar-refractivity contribution is -0.148. The number of carbonyl (C=O) groups is 2. The molecule has 0 aromatic heterocycles. The second-order valence-corrected chi connectivity index (χ2v) is 5.95. The van der Waals surface area contributed by atoms with Crippen molar-refractivity contribution in [1.29, 1.82) is 0 Å². The molecule has 0 unspecified atom stereocenters. The quantitative estimate of drug-likeness (QED) is 0.843. The first kappa shape index (κ1) is 17.0. The summed E-state index contributed by atoms with van der Waals surface area (Å²) in [6, 6.07) is 5.59. The van der Waals surface area contributed by atoms with E-state index in [0.717, 1.165) is 11.1 Å². The maximum Gasteiger partial charge on any atom is 0.310 e. The van der Waals surface area contributed by atoms with E-state index < -0.39 is 5.97 Å². The third-order valence-corrected chi connectivity index (χ3v) is 2.65. The maximum absolute atomic E-state index is 11.8. The molecule has 1 amide bonds. The molecule has 1 N–H and O–H groups in total. The van der Waals surface area contributed by atoms with Gasteiger partial charge in [-0.05, 0) is 33.8 Å². The van der Waals surface area contributed by atoms with Gasteiger partial charge in [-0.25, -0.2) is 0 Å². The first-order valence-corrected chi connectivity index (χ1v) is 6.81. The molecule has 0 radical (unpaired) electrons. The van der Waals surface area contributed by atoms with E-state index >= 15 is 0 Å². The molecule has 0 atom stereocenters. The number of carbonyl (C=O) groups excluding carboxylic acids is 2. The Morgan fingerprint density at radius 2 is 1.90 bits per heavy atom. The minimum Gasteiger partial charge on any atom is -0.496 e. The minimum absolute atomic E-state index is 0.0770. The summed E-state index contributed by atoms with van der Waals surface area (Å²) < 4.78 is 10.2. The fourth-order valence-corrected chi connectivity index (χ4v) is 1.85. The van der Waals surface area contributed by atoms with Crippen LogP contribution in [0.2, 0.25) is 0 Å². The van der Waals surface area contributed by atoms with Gasteiger partial charge in [-0.3, -0.25) is 9.59 Å². The van der Waals surface area contributed by atoms with E-state index in [9.17, 15) is 9.59 Å². The Balaban J connectivity index is 2.55. The smallest absolute Gasteiger partial charge is 0.310 e. The highest BCUT2D eigenvalue weighted by atomic mass is 16.5. The number of ether oxygens (including phenoxy) is 2. The summed E-state index contributed by atoms with van der Waals surface area (Å²) in [4.78, 5) is 23.4. The van der Waals surface area contributed by atoms with E-state index in [0.29, 0.717) is 5.75 Å². The predicted octanol–water partition coefficient (Wildman–Crippen LogP) is 2.00. The molecular formula is C16H23NO4. The van der Waals surface area contributed by atoms with E-state index in [1.807, 2.05) is 45.9 Å². The van der Waals surface area contributed by atoms with Crippen molar-refractivity contribution >= 4 is 11.9 Å². The van der Waals surface area contributed by atoms with E-state index in [2.05, 4.69) is 5.32 Å². The number of amides is 1. The second-order valence-electron chi connectivity index (χ2n) is 5.95. The van der Waals surface area contributed by atoms with Crippen molar-refractivity contribution < 1.29 is 19.1 Å². The maximum atomic E-state index is 11.8. The predicted molar refractivity (Wildman–Crippen MR) is 80.3 cm³/mol. The van der Waals surface area contributed by atoms with Crippen LogP contribution in [0.1, 0.15) is 31.9 Å². The molecular weight excluding hydrogens is 270 g/mol. The van der Waals surface area contributed by atoms with Crippen molar-refractivity contribution in [3.8, 4) is 5.75 Å². The van der Waals surface area contributed by atoms with Gasteiger partial charge in [-0.15, -0.1) is 0 Å². The number of esters is 1. The van der Waals surface area contributed by atoms with E-state index in [4.69, 9.17) is 9.47 Å². The van der Waals surface area contributed by atoms with Crippen LogP contribution in [0.15, 0.2) is 18.2 Å². The van der Waals surface area contributed by atoms with Crippen molar-refractivity contribution in [2.45, 2.75) is 39.7 Å². The van der Waals surface area contributed by atoms with Crippen LogP contribution in [0.4, 0.5) is 0 Å². The van der Waals surface area contributed by atoms with Crippen molar-refractivity contribution in [3.05, 3.63) is 29.3 Å². The van der Waals surface area contributed by atoms with Crippen LogP contribution < -0.4 is 10.1 Å². The molecule has 0 bridgehead atoms. The van der Waals surface area contributed by atoms with Gasteiger partial charge in [-0.2, -0.15) is 0 Å². The van der Waals surface area contributed by atoms with Gasteiger partial charge in [0.2, 0.25) is 0 Å². The zero-order valence-corrected chi connectivity index (χ0v) is 13.3. The van der Waals surface area contributed by atoms with Crippen LogP contribution in [0, 0.1) is 6.92 Å². The van der Waals surface area contributed by atoms with Gasteiger partial charge in [-0.1, -0.05) is 17.7 Å². The third-order valence-electron chi connectivity index (χ3n) is 2.65. The summed E-state index contributed by atoms with van der Waals surface area (Å²) in [6.45, 7) is 7.26. The van der Waals surface area contributed by atoms with E-state index in [-0.39, 0.29) is 24.5 Å². The van der Waals surface area contributed by atoms with Gasteiger partial charge in [0.1, 0.15) is 5.75 Å². The van der Waals surface area contributed by atoms with Crippen LogP contribution in [0.25, 0.3) is 0 Å². The summed E-state index contributed by atoms with van der Waals surface area (Å²) >= 11 is 0. The topological polar surface area (TPSA) is 64.6 Å². The van der Waals surface area contributed by atoms with Crippen LogP contribution >= 0.6 is 0 Å². The van der Waals surface area contributed by atoms with Crippen molar-refractivity contribution in [1.82, 2.24) is 5.32 Å². The Kier molecular flexibility index (Phi) is 5.76. The molecule has 21 heavy (non-hydrogen) atoms. The minimum atomic E-state index is -0.456. The average Bonchev–Trinajstić information content (AvgIpc) is 2.35. The number of hydrogen-bond acceptors (Lipinski definition) is 4. The highest BCUT2D eigenvalue weighted by molar-refractivity contribution is 5.81. The van der Waals surface area contributed by atoms with Gasteiger partial charge < -0.3 is 14.8 Å². The number of hydrogen-bond donors (Lipinski definition) is 1.